The second-order valence-corrected chi connectivity index (χ2v) is 7.24. The van der Waals surface area contributed by atoms with Crippen LogP contribution >= 0.6 is 0 Å². The SMILES string of the molecule is CC(C)Cc1nc(N)nc(NC2CCCN(Cc3ccccc3)C2)n1. The molecule has 1 aliphatic rings. The second-order valence-electron chi connectivity index (χ2n) is 7.24. The molecular weight excluding hydrogens is 312 g/mol. The first-order valence-corrected chi connectivity index (χ1v) is 9.11. The first kappa shape index (κ1) is 17.6. The van der Waals surface area contributed by atoms with E-state index in [1.165, 1.54) is 12.0 Å². The van der Waals surface area contributed by atoms with E-state index in [1.807, 2.05) is 0 Å². The molecule has 1 fully saturated rings. The van der Waals surface area contributed by atoms with Crippen molar-refractivity contribution in [2.45, 2.75) is 45.7 Å². The van der Waals surface area contributed by atoms with E-state index in [1.54, 1.807) is 0 Å². The molecule has 2 aromatic rings. The normalized spacial score (nSPS) is 18.4. The predicted molar refractivity (Wildman–Crippen MR) is 101 cm³/mol. The number of benzene rings is 1. The summed E-state index contributed by atoms with van der Waals surface area (Å²) in [6.07, 6.45) is 3.10. The van der Waals surface area contributed by atoms with E-state index in [2.05, 4.69) is 69.3 Å². The van der Waals surface area contributed by atoms with E-state index in [0.29, 0.717) is 23.9 Å². The van der Waals surface area contributed by atoms with E-state index < -0.39 is 0 Å². The minimum atomic E-state index is 0.296. The summed E-state index contributed by atoms with van der Waals surface area (Å²) in [6, 6.07) is 11.0. The Morgan fingerprint density at radius 2 is 2.00 bits per heavy atom. The summed E-state index contributed by atoms with van der Waals surface area (Å²) in [5.41, 5.74) is 7.21. The second kappa shape index (κ2) is 8.25. The lowest BCUT2D eigenvalue weighted by atomic mass is 10.0. The maximum absolute atomic E-state index is 5.86. The highest BCUT2D eigenvalue weighted by Gasteiger charge is 2.21. The van der Waals surface area contributed by atoms with Crippen molar-refractivity contribution in [3.63, 3.8) is 0 Å². The molecule has 134 valence electrons. The van der Waals surface area contributed by atoms with Gasteiger partial charge in [0.25, 0.3) is 0 Å². The topological polar surface area (TPSA) is 80.0 Å². The number of likely N-dealkylation sites (tertiary alicyclic amines) is 1. The average Bonchev–Trinajstić information content (AvgIpc) is 2.55. The summed E-state index contributed by atoms with van der Waals surface area (Å²) in [6.45, 7) is 7.40. The van der Waals surface area contributed by atoms with Gasteiger partial charge < -0.3 is 11.1 Å². The number of aromatic nitrogens is 3. The zero-order valence-corrected chi connectivity index (χ0v) is 15.2. The number of anilines is 2. The van der Waals surface area contributed by atoms with Crippen LogP contribution in [0.2, 0.25) is 0 Å². The van der Waals surface area contributed by atoms with Gasteiger partial charge in [-0.15, -0.1) is 0 Å². The van der Waals surface area contributed by atoms with Crippen LogP contribution in [0, 0.1) is 5.92 Å². The number of nitrogens with two attached hydrogens (primary N) is 1. The fraction of sp³-hybridized carbons (Fsp3) is 0.526. The van der Waals surface area contributed by atoms with Gasteiger partial charge in [-0.05, 0) is 30.9 Å². The number of nitrogens with one attached hydrogen (secondary N) is 1. The molecule has 1 atom stereocenters. The quantitative estimate of drug-likeness (QED) is 0.842. The van der Waals surface area contributed by atoms with Crippen LogP contribution in [-0.4, -0.2) is 39.0 Å². The van der Waals surface area contributed by atoms with Crippen molar-refractivity contribution in [3.8, 4) is 0 Å². The van der Waals surface area contributed by atoms with Crippen LogP contribution < -0.4 is 11.1 Å². The molecule has 1 saturated heterocycles. The molecule has 6 nitrogen and oxygen atoms in total. The van der Waals surface area contributed by atoms with Gasteiger partial charge in [-0.1, -0.05) is 44.2 Å². The smallest absolute Gasteiger partial charge is 0.228 e. The van der Waals surface area contributed by atoms with Gasteiger partial charge in [-0.3, -0.25) is 4.90 Å². The fourth-order valence-electron chi connectivity index (χ4n) is 3.30. The minimum Gasteiger partial charge on any atom is -0.368 e. The summed E-state index contributed by atoms with van der Waals surface area (Å²) < 4.78 is 0. The number of nitrogen functional groups attached to an aromatic ring is 1. The van der Waals surface area contributed by atoms with E-state index >= 15 is 0 Å². The number of rotatable bonds is 6. The van der Waals surface area contributed by atoms with E-state index in [9.17, 15) is 0 Å². The number of nitrogens with zero attached hydrogens (tertiary/aromatic N) is 4. The molecule has 0 bridgehead atoms. The molecule has 0 radical (unpaired) electrons. The van der Waals surface area contributed by atoms with Gasteiger partial charge in [0, 0.05) is 25.6 Å². The van der Waals surface area contributed by atoms with Crippen molar-refractivity contribution in [3.05, 3.63) is 41.7 Å². The molecule has 2 heterocycles. The van der Waals surface area contributed by atoms with Crippen molar-refractivity contribution in [1.29, 1.82) is 0 Å². The molecule has 0 amide bonds. The molecule has 1 aromatic heterocycles. The molecule has 0 spiro atoms. The van der Waals surface area contributed by atoms with Crippen LogP contribution in [0.3, 0.4) is 0 Å². The van der Waals surface area contributed by atoms with Crippen LogP contribution in [-0.2, 0) is 13.0 Å². The Bertz CT molecular complexity index is 673. The van der Waals surface area contributed by atoms with Crippen LogP contribution in [0.1, 0.15) is 38.1 Å². The van der Waals surface area contributed by atoms with Crippen molar-refractivity contribution in [2.24, 2.45) is 5.92 Å². The van der Waals surface area contributed by atoms with E-state index in [4.69, 9.17) is 5.73 Å². The Balaban J connectivity index is 1.61. The maximum atomic E-state index is 5.86. The lowest BCUT2D eigenvalue weighted by Crippen LogP contribution is -2.42. The first-order valence-electron chi connectivity index (χ1n) is 9.11. The highest BCUT2D eigenvalue weighted by atomic mass is 15.2. The summed E-state index contributed by atoms with van der Waals surface area (Å²) in [5.74, 6) is 2.16. The monoisotopic (exact) mass is 340 g/mol. The lowest BCUT2D eigenvalue weighted by molar-refractivity contribution is 0.208. The van der Waals surface area contributed by atoms with Gasteiger partial charge in [-0.2, -0.15) is 15.0 Å². The Hall–Kier alpha value is -2.21. The Kier molecular flexibility index (Phi) is 5.81. The largest absolute Gasteiger partial charge is 0.368 e. The predicted octanol–water partition coefficient (Wildman–Crippen LogP) is 2.73. The maximum Gasteiger partial charge on any atom is 0.228 e. The third-order valence-corrected chi connectivity index (χ3v) is 4.38. The number of hydrogen-bond acceptors (Lipinski definition) is 6. The number of hydrogen-bond donors (Lipinski definition) is 2. The zero-order chi connectivity index (χ0) is 17.6. The molecule has 1 aromatic carbocycles. The first-order chi connectivity index (χ1) is 12.1. The zero-order valence-electron chi connectivity index (χ0n) is 15.2. The van der Waals surface area contributed by atoms with Crippen LogP contribution in [0.15, 0.2) is 30.3 Å². The molecular formula is C19H28N6. The molecule has 3 N–H and O–H groups in total. The van der Waals surface area contributed by atoms with Crippen molar-refractivity contribution >= 4 is 11.9 Å². The Morgan fingerprint density at radius 1 is 1.20 bits per heavy atom. The van der Waals surface area contributed by atoms with Crippen LogP contribution in [0.25, 0.3) is 0 Å². The summed E-state index contributed by atoms with van der Waals surface area (Å²) in [4.78, 5) is 15.5. The van der Waals surface area contributed by atoms with Gasteiger partial charge in [-0.25, -0.2) is 0 Å². The van der Waals surface area contributed by atoms with Crippen LogP contribution in [0.5, 0.6) is 0 Å². The van der Waals surface area contributed by atoms with Gasteiger partial charge in [0.1, 0.15) is 5.82 Å². The third kappa shape index (κ3) is 5.39. The Morgan fingerprint density at radius 3 is 2.76 bits per heavy atom. The summed E-state index contributed by atoms with van der Waals surface area (Å²) in [5, 5.41) is 3.47. The summed E-state index contributed by atoms with van der Waals surface area (Å²) in [7, 11) is 0. The van der Waals surface area contributed by atoms with Gasteiger partial charge in [0.15, 0.2) is 0 Å². The fourth-order valence-corrected chi connectivity index (χ4v) is 3.30. The highest BCUT2D eigenvalue weighted by molar-refractivity contribution is 5.32. The molecule has 3 rings (SSSR count). The van der Waals surface area contributed by atoms with Crippen molar-refractivity contribution < 1.29 is 0 Å². The third-order valence-electron chi connectivity index (χ3n) is 4.38. The summed E-state index contributed by atoms with van der Waals surface area (Å²) >= 11 is 0. The van der Waals surface area contributed by atoms with E-state index in [0.717, 1.165) is 38.3 Å². The molecule has 1 unspecified atom stereocenters. The number of piperidine rings is 1. The van der Waals surface area contributed by atoms with Crippen molar-refractivity contribution in [1.82, 2.24) is 19.9 Å². The highest BCUT2D eigenvalue weighted by Crippen LogP contribution is 2.17. The minimum absolute atomic E-state index is 0.296. The van der Waals surface area contributed by atoms with E-state index in [-0.39, 0.29) is 0 Å². The van der Waals surface area contributed by atoms with Gasteiger partial charge in [0.2, 0.25) is 11.9 Å². The van der Waals surface area contributed by atoms with Crippen molar-refractivity contribution in [2.75, 3.05) is 24.1 Å². The standard InChI is InChI=1S/C19H28N6/c1-14(2)11-17-22-18(20)24-19(23-17)21-16-9-6-10-25(13-16)12-15-7-4-3-5-8-15/h3-5,7-8,14,16H,6,9-13H2,1-2H3,(H3,20,21,22,23,24). The molecule has 0 saturated carbocycles. The lowest BCUT2D eigenvalue weighted by Gasteiger charge is -2.33. The van der Waals surface area contributed by atoms with Crippen LogP contribution in [0.4, 0.5) is 11.9 Å². The molecule has 6 heteroatoms. The van der Waals surface area contributed by atoms with Gasteiger partial charge in [0.05, 0.1) is 0 Å². The van der Waals surface area contributed by atoms with Gasteiger partial charge >= 0.3 is 0 Å². The molecule has 25 heavy (non-hydrogen) atoms. The molecule has 0 aliphatic carbocycles. The Labute approximate surface area is 149 Å². The molecule has 1 aliphatic heterocycles. The average molecular weight is 340 g/mol.